The van der Waals surface area contributed by atoms with Crippen molar-refractivity contribution in [2.45, 2.75) is 0 Å². The second kappa shape index (κ2) is 10.6. The average molecular weight is 677 g/mol. The van der Waals surface area contributed by atoms with E-state index in [0.717, 1.165) is 82.6 Å². The lowest BCUT2D eigenvalue weighted by molar-refractivity contribution is 0.669. The Labute approximate surface area is 302 Å². The summed E-state index contributed by atoms with van der Waals surface area (Å²) in [4.78, 5) is 10.8. The monoisotopic (exact) mass is 676 g/mol. The van der Waals surface area contributed by atoms with Crippen LogP contribution in [-0.2, 0) is 0 Å². The van der Waals surface area contributed by atoms with E-state index in [1.165, 1.54) is 21.5 Å². The summed E-state index contributed by atoms with van der Waals surface area (Å²) in [6.07, 6.45) is 0. The molecule has 0 fully saturated rings. The van der Waals surface area contributed by atoms with E-state index in [2.05, 4.69) is 155 Å². The van der Waals surface area contributed by atoms with Crippen molar-refractivity contribution in [3.05, 3.63) is 170 Å². The van der Waals surface area contributed by atoms with Gasteiger partial charge in [-0.15, -0.1) is 0 Å². The van der Waals surface area contributed by atoms with Crippen molar-refractivity contribution < 1.29 is 4.42 Å². The van der Waals surface area contributed by atoms with Crippen LogP contribution in [0.2, 0.25) is 0 Å². The topological polar surface area (TPSA) is 48.8 Å². The number of fused-ring (bicyclic) bond motifs is 12. The van der Waals surface area contributed by atoms with Crippen LogP contribution < -0.4 is 0 Å². The van der Waals surface area contributed by atoms with E-state index in [4.69, 9.17) is 14.4 Å². The molecule has 0 saturated carbocycles. The van der Waals surface area contributed by atoms with E-state index in [1.54, 1.807) is 0 Å². The summed E-state index contributed by atoms with van der Waals surface area (Å²) in [7, 11) is 0. The van der Waals surface area contributed by atoms with Gasteiger partial charge in [0, 0.05) is 54.7 Å². The number of hydrogen-bond donors (Lipinski definition) is 0. The Morgan fingerprint density at radius 2 is 1.08 bits per heavy atom. The number of hydrogen-bond acceptors (Lipinski definition) is 3. The minimum Gasteiger partial charge on any atom is -0.456 e. The summed E-state index contributed by atoms with van der Waals surface area (Å²) < 4.78 is 11.3. The molecule has 0 amide bonds. The SMILES string of the molecule is c1ccc(-c2nc(-n3c4cc5oc6ccccc6c5cc4c4ccc5c6ccccc6n(-c6cccc7ccccc67)c5c43)nc3ccccc23)cc1. The molecule has 246 valence electrons. The van der Waals surface area contributed by atoms with Crippen molar-refractivity contribution in [2.24, 2.45) is 0 Å². The minimum atomic E-state index is 0.611. The van der Waals surface area contributed by atoms with Crippen LogP contribution in [-0.4, -0.2) is 19.1 Å². The van der Waals surface area contributed by atoms with Crippen LogP contribution in [0.4, 0.5) is 0 Å². The highest BCUT2D eigenvalue weighted by Crippen LogP contribution is 2.44. The zero-order chi connectivity index (χ0) is 34.6. The summed E-state index contributed by atoms with van der Waals surface area (Å²) >= 11 is 0. The standard InChI is InChI=1S/C48H28N4O/c1-2-14-30(15-3-1)45-36-20-6-9-21-39(36)49-48(50-45)52-42-28-44-38(33-19-8-11-24-43(33)53-44)27-37(42)35-26-25-34-32-18-7-10-22-41(32)51(46(34)47(35)52)40-23-12-16-29-13-4-5-17-31(29)40/h1-28H. The third-order valence-electron chi connectivity index (χ3n) is 10.9. The van der Waals surface area contributed by atoms with E-state index in [9.17, 15) is 0 Å². The molecule has 0 saturated heterocycles. The minimum absolute atomic E-state index is 0.611. The molecule has 12 rings (SSSR count). The van der Waals surface area contributed by atoms with Gasteiger partial charge in [-0.1, -0.05) is 133 Å². The first-order chi connectivity index (χ1) is 26.3. The highest BCUT2D eigenvalue weighted by molar-refractivity contribution is 6.26. The molecule has 8 aromatic carbocycles. The second-order valence-electron chi connectivity index (χ2n) is 13.8. The Morgan fingerprint density at radius 3 is 1.96 bits per heavy atom. The molecule has 0 N–H and O–H groups in total. The molecule has 12 aromatic rings. The third kappa shape index (κ3) is 3.96. The summed E-state index contributed by atoms with van der Waals surface area (Å²) in [6, 6.07) is 60.0. The van der Waals surface area contributed by atoms with Gasteiger partial charge in [0.2, 0.25) is 5.95 Å². The van der Waals surface area contributed by atoms with E-state index < -0.39 is 0 Å². The highest BCUT2D eigenvalue weighted by Gasteiger charge is 2.25. The number of furan rings is 1. The fourth-order valence-electron chi connectivity index (χ4n) is 8.61. The summed E-state index contributed by atoms with van der Waals surface area (Å²) in [5.41, 5.74) is 9.95. The molecule has 0 aliphatic heterocycles. The molecule has 4 aromatic heterocycles. The van der Waals surface area contributed by atoms with E-state index >= 15 is 0 Å². The Bertz CT molecular complexity index is 3450. The van der Waals surface area contributed by atoms with E-state index in [-0.39, 0.29) is 0 Å². The number of nitrogens with zero attached hydrogens (tertiary/aromatic N) is 4. The number of rotatable bonds is 3. The number of aromatic nitrogens is 4. The maximum Gasteiger partial charge on any atom is 0.235 e. The van der Waals surface area contributed by atoms with Gasteiger partial charge in [-0.2, -0.15) is 0 Å². The van der Waals surface area contributed by atoms with Crippen LogP contribution in [0.15, 0.2) is 174 Å². The molecule has 0 bridgehead atoms. The van der Waals surface area contributed by atoms with Gasteiger partial charge in [-0.05, 0) is 35.7 Å². The van der Waals surface area contributed by atoms with Crippen molar-refractivity contribution in [3.8, 4) is 22.9 Å². The maximum absolute atomic E-state index is 6.53. The fraction of sp³-hybridized carbons (Fsp3) is 0. The van der Waals surface area contributed by atoms with E-state index in [0.29, 0.717) is 5.95 Å². The molecule has 5 nitrogen and oxygen atoms in total. The summed E-state index contributed by atoms with van der Waals surface area (Å²) in [5.74, 6) is 0.611. The largest absolute Gasteiger partial charge is 0.456 e. The zero-order valence-electron chi connectivity index (χ0n) is 28.4. The Balaban J connectivity index is 1.32. The maximum atomic E-state index is 6.53. The third-order valence-corrected chi connectivity index (χ3v) is 10.9. The number of para-hydroxylation sites is 3. The van der Waals surface area contributed by atoms with Crippen molar-refractivity contribution in [2.75, 3.05) is 0 Å². The van der Waals surface area contributed by atoms with Gasteiger partial charge in [-0.3, -0.25) is 4.57 Å². The van der Waals surface area contributed by atoms with Crippen LogP contribution in [0.3, 0.4) is 0 Å². The molecular weight excluding hydrogens is 649 g/mol. The first-order valence-electron chi connectivity index (χ1n) is 17.9. The first kappa shape index (κ1) is 28.5. The quantitative estimate of drug-likeness (QED) is 0.187. The fourth-order valence-corrected chi connectivity index (χ4v) is 8.61. The average Bonchev–Trinajstić information content (AvgIpc) is 3.87. The van der Waals surface area contributed by atoms with Gasteiger partial charge in [-0.25, -0.2) is 9.97 Å². The summed E-state index contributed by atoms with van der Waals surface area (Å²) in [6.45, 7) is 0. The lowest BCUT2D eigenvalue weighted by atomic mass is 10.1. The Kier molecular flexibility index (Phi) is 5.71. The van der Waals surface area contributed by atoms with Gasteiger partial charge < -0.3 is 8.98 Å². The molecule has 0 spiro atoms. The highest BCUT2D eigenvalue weighted by atomic mass is 16.3. The Morgan fingerprint density at radius 1 is 0.396 bits per heavy atom. The molecule has 5 heteroatoms. The Hall–Kier alpha value is -7.24. The molecule has 4 heterocycles. The van der Waals surface area contributed by atoms with E-state index in [1.807, 2.05) is 24.3 Å². The van der Waals surface area contributed by atoms with Crippen molar-refractivity contribution in [1.82, 2.24) is 19.1 Å². The summed E-state index contributed by atoms with van der Waals surface area (Å²) in [5, 5.41) is 10.2. The lowest BCUT2D eigenvalue weighted by Gasteiger charge is -2.15. The molecule has 0 aliphatic rings. The number of benzene rings is 8. The first-order valence-corrected chi connectivity index (χ1v) is 17.9. The van der Waals surface area contributed by atoms with Crippen molar-refractivity contribution in [1.29, 1.82) is 0 Å². The molecule has 0 unspecified atom stereocenters. The molecule has 53 heavy (non-hydrogen) atoms. The van der Waals surface area contributed by atoms with Crippen LogP contribution in [0, 0.1) is 0 Å². The van der Waals surface area contributed by atoms with Crippen molar-refractivity contribution in [3.63, 3.8) is 0 Å². The van der Waals surface area contributed by atoms with Gasteiger partial charge in [0.05, 0.1) is 39.0 Å². The smallest absolute Gasteiger partial charge is 0.235 e. The molecule has 0 atom stereocenters. The molecule has 0 aliphatic carbocycles. The van der Waals surface area contributed by atoms with Crippen LogP contribution in [0.5, 0.6) is 0 Å². The predicted molar refractivity (Wildman–Crippen MR) is 218 cm³/mol. The van der Waals surface area contributed by atoms with Gasteiger partial charge in [0.15, 0.2) is 0 Å². The molecular formula is C48H28N4O. The van der Waals surface area contributed by atoms with Crippen molar-refractivity contribution >= 4 is 87.2 Å². The van der Waals surface area contributed by atoms with Crippen LogP contribution in [0.25, 0.3) is 110 Å². The van der Waals surface area contributed by atoms with Gasteiger partial charge in [0.1, 0.15) is 11.2 Å². The predicted octanol–water partition coefficient (Wildman–Crippen LogP) is 12.5. The van der Waals surface area contributed by atoms with Gasteiger partial charge in [0.25, 0.3) is 0 Å². The van der Waals surface area contributed by atoms with Crippen LogP contribution in [0.1, 0.15) is 0 Å². The second-order valence-corrected chi connectivity index (χ2v) is 13.8. The van der Waals surface area contributed by atoms with Crippen LogP contribution >= 0.6 is 0 Å². The zero-order valence-corrected chi connectivity index (χ0v) is 28.4. The van der Waals surface area contributed by atoms with Gasteiger partial charge >= 0.3 is 0 Å². The molecule has 0 radical (unpaired) electrons. The lowest BCUT2D eigenvalue weighted by Crippen LogP contribution is -2.05. The normalized spacial score (nSPS) is 12.2.